The van der Waals surface area contributed by atoms with Crippen LogP contribution in [0, 0.1) is 17.8 Å². The molecule has 1 aliphatic rings. The average molecular weight is 1450 g/mol. The van der Waals surface area contributed by atoms with Crippen LogP contribution in [0.1, 0.15) is 116 Å². The van der Waals surface area contributed by atoms with E-state index in [0.717, 1.165) is 21.6 Å². The van der Waals surface area contributed by atoms with E-state index >= 15 is 9.59 Å². The lowest BCUT2D eigenvalue weighted by molar-refractivity contribution is -0.143. The molecule has 554 valence electrons. The van der Waals surface area contributed by atoms with Gasteiger partial charge in [0.15, 0.2) is 5.96 Å². The average Bonchev–Trinajstić information content (AvgIpc) is 0.851. The Morgan fingerprint density at radius 2 is 1.10 bits per heavy atom. The first-order valence-electron chi connectivity index (χ1n) is 33.1. The molecule has 3 aromatic carbocycles. The van der Waals surface area contributed by atoms with Gasteiger partial charge in [0, 0.05) is 43.7 Å². The molecule has 10 amide bonds. The number of carboxylic acid groups (broad SMARTS) is 3. The van der Waals surface area contributed by atoms with Crippen molar-refractivity contribution >= 4 is 105 Å². The van der Waals surface area contributed by atoms with Gasteiger partial charge < -0.3 is 95.9 Å². The van der Waals surface area contributed by atoms with Crippen molar-refractivity contribution in [2.45, 2.75) is 185 Å². The molecular formula is C67H96N14O18S2. The number of phenolic OH excluding ortho intramolecular Hbond substituents is 2. The number of guanidine groups is 1. The van der Waals surface area contributed by atoms with Crippen molar-refractivity contribution in [3.05, 3.63) is 95.6 Å². The van der Waals surface area contributed by atoms with Gasteiger partial charge in [0.05, 0.1) is 6.04 Å². The number of aliphatic imine (C=N–C) groups is 1. The fourth-order valence-electron chi connectivity index (χ4n) is 10.3. The summed E-state index contributed by atoms with van der Waals surface area (Å²) in [6, 6.07) is 2.52. The molecule has 0 radical (unpaired) electrons. The highest BCUT2D eigenvalue weighted by Gasteiger charge is 2.39. The molecule has 1 fully saturated rings. The van der Waals surface area contributed by atoms with Gasteiger partial charge in [0.1, 0.15) is 71.9 Å². The number of aromatic hydroxyl groups is 2. The van der Waals surface area contributed by atoms with Crippen LogP contribution in [0.15, 0.2) is 83.9 Å². The summed E-state index contributed by atoms with van der Waals surface area (Å²) >= 11 is 0. The first kappa shape index (κ1) is 83.7. The largest absolute Gasteiger partial charge is 0.508 e. The van der Waals surface area contributed by atoms with Crippen LogP contribution < -0.4 is 70.4 Å². The van der Waals surface area contributed by atoms with Gasteiger partial charge in [-0.25, -0.2) is 4.79 Å². The van der Waals surface area contributed by atoms with Crippen molar-refractivity contribution in [3.8, 4) is 11.5 Å². The van der Waals surface area contributed by atoms with E-state index in [9.17, 15) is 78.3 Å². The number of rotatable bonds is 33. The Kier molecular flexibility index (Phi) is 35.2. The number of carbonyl (C=O) groups excluding carboxylic acids is 10. The van der Waals surface area contributed by atoms with Crippen LogP contribution in [-0.2, 0) is 81.6 Å². The number of amides is 10. The number of nitrogens with two attached hydrogens (primary N) is 3. The quantitative estimate of drug-likeness (QED) is 0.0161. The molecule has 1 heterocycles. The summed E-state index contributed by atoms with van der Waals surface area (Å²) in [6.45, 7) is 10.2. The van der Waals surface area contributed by atoms with Crippen molar-refractivity contribution < 1.29 is 87.9 Å². The molecule has 1 aliphatic heterocycles. The highest BCUT2D eigenvalue weighted by Crippen LogP contribution is 2.25. The van der Waals surface area contributed by atoms with E-state index in [2.05, 4.69) is 58.2 Å². The van der Waals surface area contributed by atoms with E-state index < -0.39 is 192 Å². The number of nitrogens with zero attached hydrogens (tertiary/aromatic N) is 1. The number of hydrogen-bond acceptors (Lipinski definition) is 19. The fourth-order valence-corrected chi connectivity index (χ4v) is 12.7. The topological polar surface area (TPSA) is 534 Å². The second kappa shape index (κ2) is 42.4. The maximum Gasteiger partial charge on any atom is 0.326 e. The van der Waals surface area contributed by atoms with E-state index in [1.54, 1.807) is 71.9 Å². The first-order chi connectivity index (χ1) is 47.8. The molecule has 4 rings (SSSR count). The van der Waals surface area contributed by atoms with Gasteiger partial charge in [0.2, 0.25) is 59.1 Å². The minimum Gasteiger partial charge on any atom is -0.508 e. The van der Waals surface area contributed by atoms with Gasteiger partial charge in [-0.1, -0.05) is 131 Å². The van der Waals surface area contributed by atoms with Crippen molar-refractivity contribution in [2.75, 3.05) is 18.1 Å². The fraction of sp³-hybridized carbons (Fsp3) is 0.522. The van der Waals surface area contributed by atoms with Crippen LogP contribution in [0.5, 0.6) is 11.5 Å². The molecule has 21 N–H and O–H groups in total. The van der Waals surface area contributed by atoms with E-state index in [-0.39, 0.29) is 74.9 Å². The molecule has 1 saturated heterocycles. The van der Waals surface area contributed by atoms with E-state index in [4.69, 9.17) is 17.2 Å². The highest BCUT2D eigenvalue weighted by atomic mass is 33.1. The SMILES string of the molecule is CC[C@H](C)[C@H](NC(=O)[C@H](CC(C)C)NC(=O)[C@H](Cc1ccc(O)cc1)NC(=O)[C@@H]1CSSC[C@H](NC(=O)[C@@H](N)Cc2ccc(O)cc2)C(=O)N[C@@H](CCC(=O)O)C(=O)N[C@@H]([C@@H](C)CC)C(=O)N[C@@H](CCC(=O)O)C(=O)N[C@@H](Cc2ccccc2)C(=O)N1)C(=O)N[C@@H](CCCN=C(N)N)C(=O)O. The van der Waals surface area contributed by atoms with Gasteiger partial charge in [-0.15, -0.1) is 0 Å². The smallest absolute Gasteiger partial charge is 0.326 e. The zero-order valence-electron chi connectivity index (χ0n) is 57.2. The summed E-state index contributed by atoms with van der Waals surface area (Å²) in [4.78, 5) is 186. The maximum absolute atomic E-state index is 15.3. The number of carboxylic acids is 3. The molecule has 0 spiro atoms. The van der Waals surface area contributed by atoms with E-state index in [1.165, 1.54) is 48.5 Å². The molecule has 34 heteroatoms. The maximum atomic E-state index is 15.3. The normalized spacial score (nSPS) is 20.1. The van der Waals surface area contributed by atoms with Gasteiger partial charge in [0.25, 0.3) is 0 Å². The number of carbonyl (C=O) groups is 13. The molecule has 0 bridgehead atoms. The molecule has 0 saturated carbocycles. The van der Waals surface area contributed by atoms with Crippen LogP contribution in [-0.4, -0.2) is 193 Å². The molecule has 0 aliphatic carbocycles. The number of phenols is 2. The van der Waals surface area contributed by atoms with Gasteiger partial charge >= 0.3 is 17.9 Å². The Bertz CT molecular complexity index is 3350. The summed E-state index contributed by atoms with van der Waals surface area (Å²) in [5.41, 5.74) is 18.5. The summed E-state index contributed by atoms with van der Waals surface area (Å²) < 4.78 is 0. The number of aliphatic carboxylic acids is 3. The second-order valence-electron chi connectivity index (χ2n) is 25.1. The molecule has 3 aromatic rings. The standard InChI is InChI=1S/C67H96N14O18S2/c1-7-36(5)54-64(96)73-44(24-26-52(84)85)57(89)76-48(31-38-13-10-9-11-14-38)60(92)79-51(34-101-100-33-50(62(94)72-45(58(90)80-54)25-27-53(86)87)78-56(88)43(68)30-39-16-20-41(82)21-17-39)63(95)77-49(32-40-18-22-42(83)23-19-40)59(91)75-47(29-35(3)4)61(93)81-55(37(6)8-2)65(97)74-46(66(98)99)15-12-28-71-67(69)70/h9-11,13-14,16-23,35-37,43-51,54-55,82-83H,7-8,12,15,24-34,68H2,1-6H3,(H,72,94)(H,73,96)(H,74,97)(H,75,91)(H,76,89)(H,77,95)(H,78,88)(H,79,92)(H,80,90)(H,81,93)(H,84,85)(H,86,87)(H,98,99)(H4,69,70,71)/t36-,37-,43-,44-,45-,46-,47-,48-,49-,50-,51-,54-,55-/m0/s1. The third kappa shape index (κ3) is 29.6. The van der Waals surface area contributed by atoms with E-state index in [0.29, 0.717) is 23.1 Å². The zero-order valence-corrected chi connectivity index (χ0v) is 58.9. The monoisotopic (exact) mass is 1450 g/mol. The summed E-state index contributed by atoms with van der Waals surface area (Å²) in [6.07, 6.45) is -2.65. The third-order valence-electron chi connectivity index (χ3n) is 16.5. The van der Waals surface area contributed by atoms with Gasteiger partial charge in [-0.3, -0.25) is 62.5 Å². The van der Waals surface area contributed by atoms with Gasteiger partial charge in [-0.2, -0.15) is 0 Å². The van der Waals surface area contributed by atoms with Crippen LogP contribution in [0.2, 0.25) is 0 Å². The first-order valence-corrected chi connectivity index (χ1v) is 35.6. The van der Waals surface area contributed by atoms with Crippen LogP contribution in [0.4, 0.5) is 0 Å². The molecule has 101 heavy (non-hydrogen) atoms. The molecule has 32 nitrogen and oxygen atoms in total. The lowest BCUT2D eigenvalue weighted by Crippen LogP contribution is -2.62. The molecular weight excluding hydrogens is 1350 g/mol. The Morgan fingerprint density at radius 1 is 0.574 bits per heavy atom. The number of benzene rings is 3. The Labute approximate surface area is 593 Å². The van der Waals surface area contributed by atoms with Crippen LogP contribution in [0.25, 0.3) is 0 Å². The van der Waals surface area contributed by atoms with Crippen LogP contribution in [0.3, 0.4) is 0 Å². The molecule has 13 atom stereocenters. The Morgan fingerprint density at radius 3 is 1.64 bits per heavy atom. The summed E-state index contributed by atoms with van der Waals surface area (Å²) in [7, 11) is 1.72. The Balaban J connectivity index is 1.87. The summed E-state index contributed by atoms with van der Waals surface area (Å²) in [5.74, 6) is -16.9. The van der Waals surface area contributed by atoms with Crippen LogP contribution >= 0.6 is 21.6 Å². The van der Waals surface area contributed by atoms with Crippen molar-refractivity contribution in [3.63, 3.8) is 0 Å². The Hall–Kier alpha value is -9.70. The number of hydrogen-bond donors (Lipinski definition) is 18. The third-order valence-corrected chi connectivity index (χ3v) is 18.9. The summed E-state index contributed by atoms with van der Waals surface area (Å²) in [5, 5.41) is 75.8. The zero-order chi connectivity index (χ0) is 75.0. The lowest BCUT2D eigenvalue weighted by atomic mass is 9.96. The predicted octanol–water partition coefficient (Wildman–Crippen LogP) is -0.298. The molecule has 0 unspecified atom stereocenters. The molecule has 0 aromatic heterocycles. The second-order valence-corrected chi connectivity index (χ2v) is 27.7. The minimum atomic E-state index is -1.72. The van der Waals surface area contributed by atoms with Crippen molar-refractivity contribution in [1.29, 1.82) is 0 Å². The van der Waals surface area contributed by atoms with Crippen molar-refractivity contribution in [1.82, 2.24) is 53.2 Å². The number of nitrogens with one attached hydrogen (secondary N) is 10. The minimum absolute atomic E-state index is 0.0464. The van der Waals surface area contributed by atoms with E-state index in [1.807, 2.05) is 0 Å². The lowest BCUT2D eigenvalue weighted by Gasteiger charge is -2.30. The predicted molar refractivity (Wildman–Crippen MR) is 376 cm³/mol. The highest BCUT2D eigenvalue weighted by molar-refractivity contribution is 8.76. The van der Waals surface area contributed by atoms with Gasteiger partial charge in [-0.05, 0) is 97.2 Å². The van der Waals surface area contributed by atoms with Crippen molar-refractivity contribution in [2.24, 2.45) is 39.9 Å².